The van der Waals surface area contributed by atoms with Crippen molar-refractivity contribution in [1.29, 1.82) is 0 Å². The molecule has 0 aliphatic carbocycles. The molecule has 1 aromatic heterocycles. The Hall–Kier alpha value is -3.01. The summed E-state index contributed by atoms with van der Waals surface area (Å²) in [5, 5.41) is 19.6. The predicted molar refractivity (Wildman–Crippen MR) is 81.3 cm³/mol. The predicted octanol–water partition coefficient (Wildman–Crippen LogP) is 3.51. The van der Waals surface area contributed by atoms with Crippen LogP contribution in [0.1, 0.15) is 5.56 Å². The minimum absolute atomic E-state index is 0.0229. The van der Waals surface area contributed by atoms with Gasteiger partial charge in [-0.15, -0.1) is 0 Å². The molecule has 104 valence electrons. The molecule has 0 spiro atoms. The van der Waals surface area contributed by atoms with Gasteiger partial charge in [0.15, 0.2) is 16.8 Å². The lowest BCUT2D eigenvalue weighted by atomic mass is 10.1. The number of benzene rings is 2. The number of phenolic OH excluding ortho intramolecular Hbond substituents is 2. The summed E-state index contributed by atoms with van der Waals surface area (Å²) in [5.74, 6) is -0.442. The lowest BCUT2D eigenvalue weighted by molar-refractivity contribution is 0.400. The van der Waals surface area contributed by atoms with E-state index in [9.17, 15) is 15.0 Å². The molecule has 0 fully saturated rings. The van der Waals surface area contributed by atoms with Gasteiger partial charge in [0.25, 0.3) is 0 Å². The molecule has 2 N–H and O–H groups in total. The van der Waals surface area contributed by atoms with E-state index in [1.807, 2.05) is 12.1 Å². The Labute approximate surface area is 120 Å². The second-order valence-corrected chi connectivity index (χ2v) is 4.61. The van der Waals surface area contributed by atoms with Crippen molar-refractivity contribution in [2.24, 2.45) is 0 Å². The van der Waals surface area contributed by atoms with Crippen LogP contribution in [0.15, 0.2) is 58.3 Å². The highest BCUT2D eigenvalue weighted by atomic mass is 16.4. The second kappa shape index (κ2) is 4.83. The minimum Gasteiger partial charge on any atom is -0.504 e. The maximum atomic E-state index is 12.1. The van der Waals surface area contributed by atoms with E-state index < -0.39 is 5.75 Å². The zero-order valence-electron chi connectivity index (χ0n) is 11.0. The summed E-state index contributed by atoms with van der Waals surface area (Å²) in [6.07, 6.45) is 1.71. The molecule has 0 atom stereocenters. The average Bonchev–Trinajstić information content (AvgIpc) is 2.51. The smallest absolute Gasteiger partial charge is 0.201 e. The minimum atomic E-state index is -0.436. The largest absolute Gasteiger partial charge is 0.504 e. The van der Waals surface area contributed by atoms with Gasteiger partial charge in [0.05, 0.1) is 5.39 Å². The van der Waals surface area contributed by atoms with Crippen molar-refractivity contribution in [1.82, 2.24) is 0 Å². The molecule has 2 aromatic carbocycles. The van der Waals surface area contributed by atoms with Crippen molar-refractivity contribution in [3.63, 3.8) is 0 Å². The van der Waals surface area contributed by atoms with E-state index in [0.29, 0.717) is 11.3 Å². The molecular weight excluding hydrogens is 268 g/mol. The molecule has 4 nitrogen and oxygen atoms in total. The highest BCUT2D eigenvalue weighted by molar-refractivity contribution is 5.86. The van der Waals surface area contributed by atoms with Gasteiger partial charge in [0.1, 0.15) is 5.76 Å². The van der Waals surface area contributed by atoms with Crippen molar-refractivity contribution in [3.05, 3.63) is 64.8 Å². The Morgan fingerprint density at radius 2 is 1.76 bits per heavy atom. The number of aromatic hydroxyl groups is 2. The fourth-order valence-electron chi connectivity index (χ4n) is 2.12. The van der Waals surface area contributed by atoms with Crippen LogP contribution in [0, 0.1) is 0 Å². The summed E-state index contributed by atoms with van der Waals surface area (Å²) < 4.78 is 5.58. The first-order valence-corrected chi connectivity index (χ1v) is 6.32. The van der Waals surface area contributed by atoms with Gasteiger partial charge in [-0.2, -0.15) is 0 Å². The zero-order valence-corrected chi connectivity index (χ0v) is 11.0. The highest BCUT2D eigenvalue weighted by Gasteiger charge is 2.13. The summed E-state index contributed by atoms with van der Waals surface area (Å²) >= 11 is 0. The first-order chi connectivity index (χ1) is 10.1. The molecule has 1 heterocycles. The molecule has 0 radical (unpaired) electrons. The molecule has 0 amide bonds. The Balaban J connectivity index is 2.26. The Morgan fingerprint density at radius 1 is 1.05 bits per heavy atom. The van der Waals surface area contributed by atoms with Crippen LogP contribution in [0.4, 0.5) is 0 Å². The van der Waals surface area contributed by atoms with Crippen molar-refractivity contribution in [3.8, 4) is 22.8 Å². The van der Waals surface area contributed by atoms with E-state index in [0.717, 1.165) is 5.56 Å². The van der Waals surface area contributed by atoms with Crippen LogP contribution in [0.25, 0.3) is 28.4 Å². The highest BCUT2D eigenvalue weighted by Crippen LogP contribution is 2.34. The lowest BCUT2D eigenvalue weighted by Gasteiger charge is -2.06. The monoisotopic (exact) mass is 280 g/mol. The number of phenols is 2. The van der Waals surface area contributed by atoms with Gasteiger partial charge in [-0.3, -0.25) is 4.79 Å². The van der Waals surface area contributed by atoms with Crippen molar-refractivity contribution in [2.75, 3.05) is 0 Å². The summed E-state index contributed by atoms with van der Waals surface area (Å²) in [5.41, 5.74) is 1.34. The third-order valence-corrected chi connectivity index (χ3v) is 3.28. The van der Waals surface area contributed by atoms with Crippen LogP contribution in [0.5, 0.6) is 11.5 Å². The van der Waals surface area contributed by atoms with Gasteiger partial charge in [0.2, 0.25) is 5.75 Å². The zero-order chi connectivity index (χ0) is 15.0. The molecule has 3 aromatic rings. The van der Waals surface area contributed by atoms with Crippen LogP contribution in [-0.2, 0) is 0 Å². The molecule has 21 heavy (non-hydrogen) atoms. The van der Waals surface area contributed by atoms with Gasteiger partial charge < -0.3 is 14.6 Å². The maximum absolute atomic E-state index is 12.1. The Morgan fingerprint density at radius 3 is 2.43 bits per heavy atom. The van der Waals surface area contributed by atoms with E-state index in [1.165, 1.54) is 18.2 Å². The van der Waals surface area contributed by atoms with Gasteiger partial charge >= 0.3 is 0 Å². The fraction of sp³-hybridized carbons (Fsp3) is 0. The van der Waals surface area contributed by atoms with Crippen molar-refractivity contribution in [2.45, 2.75) is 0 Å². The first kappa shape index (κ1) is 13.0. The number of rotatable bonds is 2. The Bertz CT molecular complexity index is 889. The molecule has 3 rings (SSSR count). The van der Waals surface area contributed by atoms with Gasteiger partial charge in [-0.25, -0.2) is 0 Å². The number of fused-ring (bicyclic) bond motifs is 1. The number of hydrogen-bond donors (Lipinski definition) is 2. The first-order valence-electron chi connectivity index (χ1n) is 6.32. The molecule has 0 unspecified atom stereocenters. The van der Waals surface area contributed by atoms with E-state index in [2.05, 4.69) is 6.58 Å². The summed E-state index contributed by atoms with van der Waals surface area (Å²) in [7, 11) is 0. The topological polar surface area (TPSA) is 70.7 Å². The molecule has 0 aliphatic heterocycles. The standard InChI is InChI=1S/C17H12O4/c1-2-10-3-5-11(6-4-10)15-9-14(19)12-7-8-13(18)16(20)17(12)21-15/h2-9,18,20H,1H2. The van der Waals surface area contributed by atoms with Crippen molar-refractivity contribution < 1.29 is 14.6 Å². The van der Waals surface area contributed by atoms with Crippen LogP contribution < -0.4 is 5.43 Å². The van der Waals surface area contributed by atoms with E-state index in [1.54, 1.807) is 18.2 Å². The fourth-order valence-corrected chi connectivity index (χ4v) is 2.12. The van der Waals surface area contributed by atoms with Gasteiger partial charge in [-0.05, 0) is 17.7 Å². The van der Waals surface area contributed by atoms with Crippen LogP contribution >= 0.6 is 0 Å². The van der Waals surface area contributed by atoms with E-state index in [-0.39, 0.29) is 22.1 Å². The van der Waals surface area contributed by atoms with E-state index >= 15 is 0 Å². The summed E-state index contributed by atoms with van der Waals surface area (Å²) in [6, 6.07) is 11.3. The SMILES string of the molecule is C=Cc1ccc(-c2cc(=O)c3ccc(O)c(O)c3o2)cc1. The third kappa shape index (κ3) is 2.17. The van der Waals surface area contributed by atoms with Crippen LogP contribution in [0.2, 0.25) is 0 Å². The molecule has 0 saturated heterocycles. The number of hydrogen-bond acceptors (Lipinski definition) is 4. The Kier molecular flexibility index (Phi) is 2.99. The molecular formula is C17H12O4. The van der Waals surface area contributed by atoms with Crippen LogP contribution in [-0.4, -0.2) is 10.2 Å². The molecule has 4 heteroatoms. The van der Waals surface area contributed by atoms with E-state index in [4.69, 9.17) is 4.42 Å². The molecule has 0 saturated carbocycles. The van der Waals surface area contributed by atoms with Crippen molar-refractivity contribution >= 4 is 17.0 Å². The maximum Gasteiger partial charge on any atom is 0.201 e. The third-order valence-electron chi connectivity index (χ3n) is 3.28. The summed E-state index contributed by atoms with van der Waals surface area (Å²) in [4.78, 5) is 12.1. The average molecular weight is 280 g/mol. The molecule has 0 aliphatic rings. The van der Waals surface area contributed by atoms with Crippen LogP contribution in [0.3, 0.4) is 0 Å². The second-order valence-electron chi connectivity index (χ2n) is 4.61. The quantitative estimate of drug-likeness (QED) is 0.705. The molecule has 0 bridgehead atoms. The summed E-state index contributed by atoms with van der Waals surface area (Å²) in [6.45, 7) is 3.68. The lowest BCUT2D eigenvalue weighted by Crippen LogP contribution is -2.00. The van der Waals surface area contributed by atoms with Gasteiger partial charge in [-0.1, -0.05) is 36.9 Å². The normalized spacial score (nSPS) is 10.7. The van der Waals surface area contributed by atoms with Gasteiger partial charge in [0, 0.05) is 11.6 Å².